The third-order valence-corrected chi connectivity index (χ3v) is 4.58. The molecule has 0 spiro atoms. The van der Waals surface area contributed by atoms with Crippen molar-refractivity contribution in [2.75, 3.05) is 0 Å². The topological polar surface area (TPSA) is 25.8 Å². The van der Waals surface area contributed by atoms with Crippen molar-refractivity contribution in [1.82, 2.24) is 9.97 Å². The molecule has 2 nitrogen and oxygen atoms in total. The molecule has 0 saturated heterocycles. The molecule has 3 aromatic rings. The number of rotatable bonds is 2. The highest BCUT2D eigenvalue weighted by atomic mass is 14.9. The van der Waals surface area contributed by atoms with Gasteiger partial charge in [-0.3, -0.25) is 0 Å². The molecule has 1 aromatic heterocycles. The van der Waals surface area contributed by atoms with E-state index >= 15 is 0 Å². The molecular weight excluding hydrogens is 316 g/mol. The summed E-state index contributed by atoms with van der Waals surface area (Å²) in [7, 11) is 0. The first kappa shape index (κ1) is 18.6. The number of hydrogen-bond donors (Lipinski definition) is 0. The summed E-state index contributed by atoms with van der Waals surface area (Å²) in [5, 5.41) is 1.11. The molecule has 2 heteroatoms. The summed E-state index contributed by atoms with van der Waals surface area (Å²) in [5.74, 6) is 0.801. The quantitative estimate of drug-likeness (QED) is 0.530. The SMILES string of the molecule is Cc1cc(-c2ncc3cc(CC(C)(C)C)ccc3n2)cc(C(C)(C)C)c1. The van der Waals surface area contributed by atoms with Crippen LogP contribution in [0.3, 0.4) is 0 Å². The van der Waals surface area contributed by atoms with Gasteiger partial charge in [0.15, 0.2) is 5.82 Å². The number of benzene rings is 2. The first-order chi connectivity index (χ1) is 12.0. The van der Waals surface area contributed by atoms with E-state index in [9.17, 15) is 0 Å². The fraction of sp³-hybridized carbons (Fsp3) is 0.417. The van der Waals surface area contributed by atoms with Crippen LogP contribution >= 0.6 is 0 Å². The fourth-order valence-electron chi connectivity index (χ4n) is 3.29. The Morgan fingerprint density at radius 1 is 0.885 bits per heavy atom. The zero-order chi connectivity index (χ0) is 19.1. The van der Waals surface area contributed by atoms with Crippen LogP contribution in [0.1, 0.15) is 58.2 Å². The first-order valence-electron chi connectivity index (χ1n) is 9.39. The molecule has 0 radical (unpaired) electrons. The van der Waals surface area contributed by atoms with Crippen molar-refractivity contribution in [3.63, 3.8) is 0 Å². The van der Waals surface area contributed by atoms with E-state index in [1.165, 1.54) is 16.7 Å². The van der Waals surface area contributed by atoms with E-state index in [-0.39, 0.29) is 10.8 Å². The number of aryl methyl sites for hydroxylation is 1. The zero-order valence-electron chi connectivity index (χ0n) is 17.1. The average Bonchev–Trinajstić information content (AvgIpc) is 2.51. The van der Waals surface area contributed by atoms with Gasteiger partial charge in [-0.25, -0.2) is 9.97 Å². The van der Waals surface area contributed by atoms with Gasteiger partial charge in [0.25, 0.3) is 0 Å². The van der Waals surface area contributed by atoms with E-state index in [0.717, 1.165) is 28.7 Å². The lowest BCUT2D eigenvalue weighted by Crippen LogP contribution is -2.11. The monoisotopic (exact) mass is 346 g/mol. The van der Waals surface area contributed by atoms with E-state index in [0.29, 0.717) is 0 Å². The van der Waals surface area contributed by atoms with Crippen LogP contribution in [0.25, 0.3) is 22.3 Å². The summed E-state index contributed by atoms with van der Waals surface area (Å²) in [5.41, 5.74) is 6.39. The molecule has 0 N–H and O–H groups in total. The van der Waals surface area contributed by atoms with Gasteiger partial charge >= 0.3 is 0 Å². The third kappa shape index (κ3) is 4.30. The molecule has 0 saturated carbocycles. The molecule has 0 amide bonds. The minimum atomic E-state index is 0.111. The smallest absolute Gasteiger partial charge is 0.159 e. The van der Waals surface area contributed by atoms with E-state index in [2.05, 4.69) is 89.8 Å². The van der Waals surface area contributed by atoms with Gasteiger partial charge in [-0.2, -0.15) is 0 Å². The highest BCUT2D eigenvalue weighted by Crippen LogP contribution is 2.29. The number of aromatic nitrogens is 2. The molecule has 0 aliphatic carbocycles. The molecule has 26 heavy (non-hydrogen) atoms. The maximum absolute atomic E-state index is 4.84. The van der Waals surface area contributed by atoms with Crippen LogP contribution in [-0.2, 0) is 11.8 Å². The van der Waals surface area contributed by atoms with Crippen LogP contribution in [-0.4, -0.2) is 9.97 Å². The van der Waals surface area contributed by atoms with Gasteiger partial charge in [0.2, 0.25) is 0 Å². The standard InChI is InChI=1S/C24H30N2/c1-16-10-18(13-20(11-16)24(5,6)7)22-25-15-19-12-17(14-23(2,3)4)8-9-21(19)26-22/h8-13,15H,14H2,1-7H3. The second kappa shape index (κ2) is 6.50. The lowest BCUT2D eigenvalue weighted by atomic mass is 9.85. The zero-order valence-corrected chi connectivity index (χ0v) is 17.1. The maximum Gasteiger partial charge on any atom is 0.159 e. The van der Waals surface area contributed by atoms with Gasteiger partial charge in [-0.15, -0.1) is 0 Å². The van der Waals surface area contributed by atoms with Crippen molar-refractivity contribution in [1.29, 1.82) is 0 Å². The van der Waals surface area contributed by atoms with Gasteiger partial charge in [0, 0.05) is 17.1 Å². The summed E-state index contributed by atoms with van der Waals surface area (Å²) >= 11 is 0. The second-order valence-electron chi connectivity index (χ2n) is 9.66. The van der Waals surface area contributed by atoms with Gasteiger partial charge in [0.05, 0.1) is 5.52 Å². The minimum Gasteiger partial charge on any atom is -0.236 e. The number of fused-ring (bicyclic) bond motifs is 1. The summed E-state index contributed by atoms with van der Waals surface area (Å²) < 4.78 is 0. The Labute approximate surface area is 157 Å². The third-order valence-electron chi connectivity index (χ3n) is 4.58. The van der Waals surface area contributed by atoms with E-state index < -0.39 is 0 Å². The summed E-state index contributed by atoms with van der Waals surface area (Å²) in [6, 6.07) is 13.2. The predicted octanol–water partition coefficient (Wildman–Crippen LogP) is 6.49. The van der Waals surface area contributed by atoms with Crippen LogP contribution < -0.4 is 0 Å². The molecule has 0 aliphatic heterocycles. The molecule has 0 bridgehead atoms. The molecule has 2 aromatic carbocycles. The van der Waals surface area contributed by atoms with E-state index in [1.807, 2.05) is 6.20 Å². The predicted molar refractivity (Wildman–Crippen MR) is 112 cm³/mol. The van der Waals surface area contributed by atoms with Gasteiger partial charge in [0.1, 0.15) is 0 Å². The van der Waals surface area contributed by atoms with Crippen molar-refractivity contribution in [3.8, 4) is 11.4 Å². The lowest BCUT2D eigenvalue weighted by Gasteiger charge is -2.20. The molecule has 136 valence electrons. The Bertz CT molecular complexity index is 941. The van der Waals surface area contributed by atoms with Crippen LogP contribution in [0.2, 0.25) is 0 Å². The van der Waals surface area contributed by atoms with Gasteiger partial charge < -0.3 is 0 Å². The summed E-state index contributed by atoms with van der Waals surface area (Å²) in [6.07, 6.45) is 3.01. The Morgan fingerprint density at radius 3 is 2.27 bits per heavy atom. The largest absolute Gasteiger partial charge is 0.236 e. The molecule has 0 fully saturated rings. The van der Waals surface area contributed by atoms with Crippen molar-refractivity contribution in [3.05, 3.63) is 59.3 Å². The second-order valence-corrected chi connectivity index (χ2v) is 9.66. The average molecular weight is 347 g/mol. The van der Waals surface area contributed by atoms with Crippen LogP contribution in [0.15, 0.2) is 42.6 Å². The Morgan fingerprint density at radius 2 is 1.62 bits per heavy atom. The molecule has 0 atom stereocenters. The Hall–Kier alpha value is -2.22. The highest BCUT2D eigenvalue weighted by molar-refractivity contribution is 5.80. The Balaban J connectivity index is 2.02. The minimum absolute atomic E-state index is 0.111. The first-order valence-corrected chi connectivity index (χ1v) is 9.39. The van der Waals surface area contributed by atoms with Gasteiger partial charge in [-0.1, -0.05) is 59.2 Å². The van der Waals surface area contributed by atoms with E-state index in [1.54, 1.807) is 0 Å². The molecule has 0 aliphatic rings. The van der Waals surface area contributed by atoms with Gasteiger partial charge in [-0.05, 0) is 59.6 Å². The lowest BCUT2D eigenvalue weighted by molar-refractivity contribution is 0.411. The van der Waals surface area contributed by atoms with Crippen molar-refractivity contribution >= 4 is 10.9 Å². The molecule has 0 unspecified atom stereocenters. The Kier molecular flexibility index (Phi) is 4.64. The normalized spacial score (nSPS) is 12.6. The van der Waals surface area contributed by atoms with Crippen molar-refractivity contribution < 1.29 is 0 Å². The fourth-order valence-corrected chi connectivity index (χ4v) is 3.29. The number of nitrogens with zero attached hydrogens (tertiary/aromatic N) is 2. The molecular formula is C24H30N2. The van der Waals surface area contributed by atoms with Crippen LogP contribution in [0.5, 0.6) is 0 Å². The summed E-state index contributed by atoms with van der Waals surface area (Å²) in [6.45, 7) is 15.7. The van der Waals surface area contributed by atoms with Crippen molar-refractivity contribution in [2.24, 2.45) is 5.41 Å². The van der Waals surface area contributed by atoms with Crippen molar-refractivity contribution in [2.45, 2.75) is 60.3 Å². The molecule has 1 heterocycles. The van der Waals surface area contributed by atoms with Crippen LogP contribution in [0.4, 0.5) is 0 Å². The number of hydrogen-bond acceptors (Lipinski definition) is 2. The maximum atomic E-state index is 4.84. The highest BCUT2D eigenvalue weighted by Gasteiger charge is 2.16. The van der Waals surface area contributed by atoms with E-state index in [4.69, 9.17) is 4.98 Å². The molecule has 3 rings (SSSR count). The van der Waals surface area contributed by atoms with Crippen LogP contribution in [0, 0.1) is 12.3 Å². The summed E-state index contributed by atoms with van der Waals surface area (Å²) in [4.78, 5) is 9.50.